The molecule has 5 N–H and O–H groups in total. The highest BCUT2D eigenvalue weighted by molar-refractivity contribution is 14.1. The van der Waals surface area contributed by atoms with Gasteiger partial charge < -0.3 is 15.1 Å². The molecule has 0 amide bonds. The molecule has 0 aliphatic carbocycles. The van der Waals surface area contributed by atoms with E-state index in [1.54, 1.807) is 12.1 Å². The molecule has 0 spiro atoms. The molecule has 0 fully saturated rings. The first-order chi connectivity index (χ1) is 16.9. The van der Waals surface area contributed by atoms with Gasteiger partial charge >= 0.3 is 5.97 Å². The highest BCUT2D eigenvalue weighted by Crippen LogP contribution is 2.33. The lowest BCUT2D eigenvalue weighted by molar-refractivity contribution is -0.141. The molecule has 0 saturated heterocycles. The summed E-state index contributed by atoms with van der Waals surface area (Å²) in [7, 11) is -9.31. The molecule has 1 heterocycles. The van der Waals surface area contributed by atoms with E-state index in [1.165, 1.54) is 50.4 Å². The monoisotopic (exact) mass is 649 g/mol. The number of carbonyl (C=O) groups is 1. The van der Waals surface area contributed by atoms with Gasteiger partial charge in [-0.3, -0.25) is 4.98 Å². The summed E-state index contributed by atoms with van der Waals surface area (Å²) in [4.78, 5) is 12.4. The lowest BCUT2D eigenvalue weighted by Crippen LogP contribution is -2.63. The van der Waals surface area contributed by atoms with Crippen molar-refractivity contribution in [2.45, 2.75) is 28.5 Å². The largest absolute Gasteiger partial charge is 0.479 e. The van der Waals surface area contributed by atoms with E-state index in [-0.39, 0.29) is 4.90 Å². The summed E-state index contributed by atoms with van der Waals surface area (Å²) in [6, 6.07) is 14.9. The van der Waals surface area contributed by atoms with Crippen LogP contribution in [0.1, 0.15) is 13.8 Å². The molecule has 0 aliphatic rings. The van der Waals surface area contributed by atoms with Crippen molar-refractivity contribution in [1.82, 2.24) is 9.71 Å². The van der Waals surface area contributed by atoms with Crippen LogP contribution < -0.4 is 15.4 Å². The van der Waals surface area contributed by atoms with Crippen LogP contribution in [0, 0.1) is 9.49 Å². The summed E-state index contributed by atoms with van der Waals surface area (Å²) in [5.74, 6) is 1.36. The first-order valence-electron chi connectivity index (χ1n) is 10.1. The average molecular weight is 649 g/mol. The third kappa shape index (κ3) is 6.19. The SMILES string of the molecule is CC(C)[C@](NS(=O)(=O)c1ccc(Oc2ccc(I)cc2)cc1)(C(=O)O)S(=O)(=O)c1cccnc1.NO. The molecule has 0 saturated carbocycles. The summed E-state index contributed by atoms with van der Waals surface area (Å²) in [6.07, 6.45) is 2.29. The van der Waals surface area contributed by atoms with Crippen LogP contribution in [0.25, 0.3) is 0 Å². The van der Waals surface area contributed by atoms with Gasteiger partial charge in [-0.05, 0) is 89.2 Å². The Morgan fingerprint density at radius 3 is 1.94 bits per heavy atom. The number of carboxylic acids is 1. The number of pyridine rings is 1. The minimum Gasteiger partial charge on any atom is -0.479 e. The number of nitrogens with zero attached hydrogens (tertiary/aromatic N) is 1. The molecule has 0 unspecified atom stereocenters. The number of nitrogens with two attached hydrogens (primary N) is 1. The minimum absolute atomic E-state index is 0.324. The van der Waals surface area contributed by atoms with Crippen molar-refractivity contribution in [2.75, 3.05) is 0 Å². The van der Waals surface area contributed by atoms with Gasteiger partial charge in [-0.25, -0.2) is 27.5 Å². The van der Waals surface area contributed by atoms with Gasteiger partial charge in [-0.2, -0.15) is 4.72 Å². The molecular formula is C22H24IN3O8S2. The fourth-order valence-electron chi connectivity index (χ4n) is 3.16. The van der Waals surface area contributed by atoms with Crippen molar-refractivity contribution in [1.29, 1.82) is 0 Å². The lowest BCUT2D eigenvalue weighted by atomic mass is 10.1. The molecular weight excluding hydrogens is 625 g/mol. The van der Waals surface area contributed by atoms with Crippen LogP contribution in [0.4, 0.5) is 0 Å². The van der Waals surface area contributed by atoms with Crippen molar-refractivity contribution in [3.8, 4) is 11.5 Å². The number of aliphatic carboxylic acids is 1. The number of hydrogen-bond acceptors (Lipinski definition) is 9. The summed E-state index contributed by atoms with van der Waals surface area (Å²) >= 11 is 2.15. The number of benzene rings is 2. The normalized spacial score (nSPS) is 13.3. The minimum atomic E-state index is -4.73. The average Bonchev–Trinajstić information content (AvgIpc) is 2.85. The smallest absolute Gasteiger partial charge is 0.341 e. The van der Waals surface area contributed by atoms with Gasteiger partial charge in [-0.15, -0.1) is 0 Å². The van der Waals surface area contributed by atoms with Crippen molar-refractivity contribution >= 4 is 48.4 Å². The quantitative estimate of drug-likeness (QED) is 0.198. The first kappa shape index (κ1) is 29.6. The number of carboxylic acid groups (broad SMARTS) is 1. The topological polar surface area (TPSA) is 186 Å². The second kappa shape index (κ2) is 12.1. The molecule has 2 aromatic carbocycles. The van der Waals surface area contributed by atoms with E-state index in [1.807, 2.05) is 16.9 Å². The lowest BCUT2D eigenvalue weighted by Gasteiger charge is -2.33. The van der Waals surface area contributed by atoms with Crippen LogP contribution >= 0.6 is 22.6 Å². The third-order valence-corrected chi connectivity index (χ3v) is 9.76. The van der Waals surface area contributed by atoms with E-state index in [2.05, 4.69) is 33.5 Å². The molecule has 1 aromatic heterocycles. The van der Waals surface area contributed by atoms with Gasteiger partial charge in [0.25, 0.3) is 0 Å². The van der Waals surface area contributed by atoms with E-state index in [4.69, 9.17) is 9.94 Å². The first-order valence-corrected chi connectivity index (χ1v) is 14.2. The van der Waals surface area contributed by atoms with Gasteiger partial charge in [0.15, 0.2) is 0 Å². The Kier molecular flexibility index (Phi) is 9.93. The maximum Gasteiger partial charge on any atom is 0.341 e. The second-order valence-corrected chi connectivity index (χ2v) is 12.6. The van der Waals surface area contributed by atoms with Gasteiger partial charge in [0.05, 0.1) is 9.79 Å². The number of hydrogen-bond donors (Lipinski definition) is 4. The molecule has 1 atom stereocenters. The van der Waals surface area contributed by atoms with Crippen LogP contribution in [0.3, 0.4) is 0 Å². The van der Waals surface area contributed by atoms with Gasteiger partial charge in [0.2, 0.25) is 24.7 Å². The van der Waals surface area contributed by atoms with Crippen LogP contribution in [0.2, 0.25) is 0 Å². The van der Waals surface area contributed by atoms with Crippen LogP contribution in [0.15, 0.2) is 82.8 Å². The Bertz CT molecular complexity index is 1380. The van der Waals surface area contributed by atoms with Gasteiger partial charge in [0, 0.05) is 16.0 Å². The zero-order valence-electron chi connectivity index (χ0n) is 19.1. The van der Waals surface area contributed by atoms with Crippen molar-refractivity contribution in [3.63, 3.8) is 0 Å². The fraction of sp³-hybridized carbons (Fsp3) is 0.182. The third-order valence-electron chi connectivity index (χ3n) is 4.97. The summed E-state index contributed by atoms with van der Waals surface area (Å²) in [6.45, 7) is 2.62. The summed E-state index contributed by atoms with van der Waals surface area (Å²) in [5, 5.41) is 16.5. The predicted molar refractivity (Wildman–Crippen MR) is 139 cm³/mol. The zero-order valence-corrected chi connectivity index (χ0v) is 22.9. The Labute approximate surface area is 222 Å². The number of ether oxygens (including phenoxy) is 1. The summed E-state index contributed by atoms with van der Waals surface area (Å²) < 4.78 is 61.7. The number of sulfonamides is 1. The van der Waals surface area contributed by atoms with Gasteiger partial charge in [-0.1, -0.05) is 13.8 Å². The molecule has 3 aromatic rings. The highest BCUT2D eigenvalue weighted by Gasteiger charge is 2.57. The molecule has 0 bridgehead atoms. The van der Waals surface area contributed by atoms with Crippen LogP contribution in [0.5, 0.6) is 11.5 Å². The van der Waals surface area contributed by atoms with E-state index in [0.29, 0.717) is 11.5 Å². The van der Waals surface area contributed by atoms with Crippen LogP contribution in [-0.2, 0) is 24.7 Å². The fourth-order valence-corrected chi connectivity index (χ4v) is 7.31. The molecule has 3 rings (SSSR count). The van der Waals surface area contributed by atoms with Crippen molar-refractivity contribution < 1.29 is 36.7 Å². The van der Waals surface area contributed by atoms with Gasteiger partial charge in [0.1, 0.15) is 11.5 Å². The number of halogens is 1. The van der Waals surface area contributed by atoms with E-state index >= 15 is 0 Å². The Balaban J connectivity index is 0.00000222. The molecule has 0 radical (unpaired) electrons. The maximum atomic E-state index is 13.4. The Morgan fingerprint density at radius 2 is 1.50 bits per heavy atom. The Morgan fingerprint density at radius 1 is 0.972 bits per heavy atom. The molecule has 36 heavy (non-hydrogen) atoms. The zero-order chi connectivity index (χ0) is 27.1. The number of aromatic nitrogens is 1. The molecule has 11 nitrogen and oxygen atoms in total. The summed E-state index contributed by atoms with van der Waals surface area (Å²) in [5.41, 5.74) is 0. The number of nitrogens with one attached hydrogen (secondary N) is 1. The molecule has 194 valence electrons. The highest BCUT2D eigenvalue weighted by atomic mass is 127. The molecule has 14 heteroatoms. The van der Waals surface area contributed by atoms with E-state index < -0.39 is 41.5 Å². The van der Waals surface area contributed by atoms with E-state index in [0.717, 1.165) is 15.8 Å². The van der Waals surface area contributed by atoms with Crippen molar-refractivity contribution in [2.24, 2.45) is 11.8 Å². The maximum absolute atomic E-state index is 13.4. The standard InChI is InChI=1S/C22H21IN2O7S2.H3NO/c1-15(2)22(21(26)27,33(28,29)20-4-3-13-24-14-20)25-34(30,31)19-11-9-18(10-12-19)32-17-7-5-16(23)6-8-17;1-2/h3-15,25H,1-2H3,(H,26,27);2H,1H2/t22-;/m1./s1. The van der Waals surface area contributed by atoms with E-state index in [9.17, 15) is 26.7 Å². The molecule has 0 aliphatic heterocycles. The number of rotatable bonds is 9. The Hall–Kier alpha value is -2.63. The second-order valence-electron chi connectivity index (χ2n) is 7.52. The van der Waals surface area contributed by atoms with Crippen molar-refractivity contribution in [3.05, 3.63) is 76.6 Å². The van der Waals surface area contributed by atoms with Crippen LogP contribution in [-0.4, -0.2) is 43.0 Å². The predicted octanol–water partition coefficient (Wildman–Crippen LogP) is 3.00. The number of sulfone groups is 1.